The molecular formula is C11H12O4. The Labute approximate surface area is 87.2 Å². The van der Waals surface area contributed by atoms with Gasteiger partial charge >= 0.3 is 5.97 Å². The van der Waals surface area contributed by atoms with Gasteiger partial charge in [0.1, 0.15) is 6.10 Å². The van der Waals surface area contributed by atoms with Crippen LogP contribution in [0.3, 0.4) is 0 Å². The van der Waals surface area contributed by atoms with Crippen molar-refractivity contribution in [2.45, 2.75) is 38.1 Å². The van der Waals surface area contributed by atoms with Crippen LogP contribution in [0, 0.1) is 5.92 Å². The second-order valence-corrected chi connectivity index (χ2v) is 4.65. The molecule has 4 atom stereocenters. The van der Waals surface area contributed by atoms with Crippen molar-refractivity contribution in [1.29, 1.82) is 0 Å². The van der Waals surface area contributed by atoms with Gasteiger partial charge in [0.15, 0.2) is 17.5 Å². The lowest BCUT2D eigenvalue weighted by molar-refractivity contribution is -0.148. The molecule has 4 nitrogen and oxygen atoms in total. The molecule has 0 aromatic heterocycles. The summed E-state index contributed by atoms with van der Waals surface area (Å²) >= 11 is 0. The molecule has 1 aliphatic carbocycles. The van der Waals surface area contributed by atoms with E-state index in [0.717, 1.165) is 0 Å². The lowest BCUT2D eigenvalue weighted by atomic mass is 9.82. The van der Waals surface area contributed by atoms with E-state index in [1.54, 1.807) is 13.0 Å². The second-order valence-electron chi connectivity index (χ2n) is 4.65. The molecule has 0 saturated carbocycles. The maximum Gasteiger partial charge on any atom is 0.309 e. The quantitative estimate of drug-likeness (QED) is 0.432. The topological polar surface area (TPSA) is 55.9 Å². The van der Waals surface area contributed by atoms with E-state index in [-0.39, 0.29) is 29.9 Å². The predicted octanol–water partition coefficient (Wildman–Crippen LogP) is 0.605. The van der Waals surface area contributed by atoms with Crippen molar-refractivity contribution in [2.75, 3.05) is 0 Å². The number of fused-ring (bicyclic) bond motifs is 2. The fraction of sp³-hybridized carbons (Fsp3) is 0.636. The summed E-state index contributed by atoms with van der Waals surface area (Å²) in [4.78, 5) is 22.9. The molecule has 2 saturated heterocycles. The average molecular weight is 208 g/mol. The van der Waals surface area contributed by atoms with E-state index in [4.69, 9.17) is 9.47 Å². The normalized spacial score (nSPS) is 47.6. The summed E-state index contributed by atoms with van der Waals surface area (Å²) in [6.07, 6.45) is 1.79. The van der Waals surface area contributed by atoms with Crippen molar-refractivity contribution >= 4 is 11.8 Å². The summed E-state index contributed by atoms with van der Waals surface area (Å²) in [6, 6.07) is 0. The van der Waals surface area contributed by atoms with Crippen molar-refractivity contribution in [2.24, 2.45) is 5.92 Å². The fourth-order valence-electron chi connectivity index (χ4n) is 2.58. The van der Waals surface area contributed by atoms with E-state index in [9.17, 15) is 9.59 Å². The molecule has 0 radical (unpaired) electrons. The summed E-state index contributed by atoms with van der Waals surface area (Å²) in [5, 5.41) is 0. The molecule has 3 rings (SSSR count). The Morgan fingerprint density at radius 3 is 2.80 bits per heavy atom. The predicted molar refractivity (Wildman–Crippen MR) is 50.0 cm³/mol. The van der Waals surface area contributed by atoms with Gasteiger partial charge < -0.3 is 9.47 Å². The molecule has 0 amide bonds. The van der Waals surface area contributed by atoms with Gasteiger partial charge in [-0.15, -0.1) is 0 Å². The number of carbonyl (C=O) groups excluding carboxylic acids is 2. The number of ketones is 1. The standard InChI is InChI=1S/C11H12O4/c1-5-3-11(4-6(2)10(13)15-11)9-8(14-9)7(5)12/h3,6,8-9H,4H2,1-2H3/t6-,8?,9?,11-/m1/s1. The first-order valence-electron chi connectivity index (χ1n) is 5.15. The molecule has 0 bridgehead atoms. The maximum absolute atomic E-state index is 11.5. The van der Waals surface area contributed by atoms with Crippen LogP contribution in [0.1, 0.15) is 20.3 Å². The maximum atomic E-state index is 11.5. The van der Waals surface area contributed by atoms with Crippen LogP contribution >= 0.6 is 0 Å². The van der Waals surface area contributed by atoms with Crippen molar-refractivity contribution in [3.8, 4) is 0 Å². The minimum absolute atomic E-state index is 0.0289. The third kappa shape index (κ3) is 1.05. The summed E-state index contributed by atoms with van der Waals surface area (Å²) in [7, 11) is 0. The smallest absolute Gasteiger partial charge is 0.309 e. The van der Waals surface area contributed by atoms with Gasteiger partial charge in [-0.2, -0.15) is 0 Å². The Balaban J connectivity index is 2.01. The number of ether oxygens (including phenoxy) is 2. The molecule has 2 unspecified atom stereocenters. The fourth-order valence-corrected chi connectivity index (χ4v) is 2.58. The van der Waals surface area contributed by atoms with Crippen LogP contribution in [0.2, 0.25) is 0 Å². The van der Waals surface area contributed by atoms with Gasteiger partial charge in [-0.05, 0) is 18.6 Å². The van der Waals surface area contributed by atoms with Gasteiger partial charge in [0, 0.05) is 6.42 Å². The molecule has 2 fully saturated rings. The summed E-state index contributed by atoms with van der Waals surface area (Å²) in [6.45, 7) is 3.59. The van der Waals surface area contributed by atoms with E-state index < -0.39 is 5.60 Å². The molecule has 0 aromatic rings. The Kier molecular flexibility index (Phi) is 1.51. The highest BCUT2D eigenvalue weighted by Gasteiger charge is 2.65. The van der Waals surface area contributed by atoms with Gasteiger partial charge in [-0.3, -0.25) is 9.59 Å². The zero-order valence-corrected chi connectivity index (χ0v) is 8.65. The van der Waals surface area contributed by atoms with E-state index in [0.29, 0.717) is 12.0 Å². The molecule has 3 aliphatic rings. The van der Waals surface area contributed by atoms with Gasteiger partial charge in [0.05, 0.1) is 5.92 Å². The first-order valence-corrected chi connectivity index (χ1v) is 5.15. The summed E-state index contributed by atoms with van der Waals surface area (Å²) in [5.41, 5.74) is -0.00486. The highest BCUT2D eigenvalue weighted by Crippen LogP contribution is 2.48. The first kappa shape index (κ1) is 9.09. The van der Waals surface area contributed by atoms with Crippen molar-refractivity contribution in [1.82, 2.24) is 0 Å². The molecule has 1 spiro atoms. The largest absolute Gasteiger partial charge is 0.452 e. The lowest BCUT2D eigenvalue weighted by Crippen LogP contribution is -2.39. The Bertz CT molecular complexity index is 397. The van der Waals surface area contributed by atoms with E-state index >= 15 is 0 Å². The number of Topliss-reactive ketones (excluding diaryl/α,β-unsaturated/α-hetero) is 1. The molecular weight excluding hydrogens is 196 g/mol. The minimum atomic E-state index is -0.654. The summed E-state index contributed by atoms with van der Waals surface area (Å²) in [5.74, 6) is -0.268. The van der Waals surface area contributed by atoms with E-state index in [2.05, 4.69) is 0 Å². The number of esters is 1. The monoisotopic (exact) mass is 208 g/mol. The van der Waals surface area contributed by atoms with Crippen LogP contribution in [0.5, 0.6) is 0 Å². The Hall–Kier alpha value is -1.16. The summed E-state index contributed by atoms with van der Waals surface area (Å²) < 4.78 is 10.7. The molecule has 2 aliphatic heterocycles. The van der Waals surface area contributed by atoms with Crippen LogP contribution in [-0.2, 0) is 19.1 Å². The van der Waals surface area contributed by atoms with Gasteiger partial charge in [-0.1, -0.05) is 6.92 Å². The van der Waals surface area contributed by atoms with Crippen LogP contribution in [0.4, 0.5) is 0 Å². The van der Waals surface area contributed by atoms with Gasteiger partial charge in [0.2, 0.25) is 0 Å². The zero-order chi connectivity index (χ0) is 10.8. The second kappa shape index (κ2) is 2.50. The van der Waals surface area contributed by atoms with Crippen LogP contribution < -0.4 is 0 Å². The van der Waals surface area contributed by atoms with Crippen LogP contribution in [-0.4, -0.2) is 29.6 Å². The molecule has 2 heterocycles. The Morgan fingerprint density at radius 1 is 1.47 bits per heavy atom. The number of carbonyl (C=O) groups is 2. The van der Waals surface area contributed by atoms with E-state index in [1.807, 2.05) is 6.92 Å². The molecule has 4 heteroatoms. The van der Waals surface area contributed by atoms with E-state index in [1.165, 1.54) is 0 Å². The molecule has 80 valence electrons. The zero-order valence-electron chi connectivity index (χ0n) is 8.65. The minimum Gasteiger partial charge on any atom is -0.452 e. The van der Waals surface area contributed by atoms with Crippen LogP contribution in [0.15, 0.2) is 11.6 Å². The van der Waals surface area contributed by atoms with Gasteiger partial charge in [-0.25, -0.2) is 0 Å². The van der Waals surface area contributed by atoms with Crippen molar-refractivity contribution < 1.29 is 19.1 Å². The number of rotatable bonds is 0. The van der Waals surface area contributed by atoms with Crippen LogP contribution in [0.25, 0.3) is 0 Å². The lowest BCUT2D eigenvalue weighted by Gasteiger charge is -2.25. The third-order valence-electron chi connectivity index (χ3n) is 3.40. The molecule has 0 N–H and O–H groups in total. The average Bonchev–Trinajstić information content (AvgIpc) is 2.90. The van der Waals surface area contributed by atoms with Crippen molar-refractivity contribution in [3.63, 3.8) is 0 Å². The first-order chi connectivity index (χ1) is 7.03. The third-order valence-corrected chi connectivity index (χ3v) is 3.40. The highest BCUT2D eigenvalue weighted by molar-refractivity contribution is 6.02. The number of hydrogen-bond donors (Lipinski definition) is 0. The van der Waals surface area contributed by atoms with Crippen molar-refractivity contribution in [3.05, 3.63) is 11.6 Å². The number of hydrogen-bond acceptors (Lipinski definition) is 4. The molecule has 15 heavy (non-hydrogen) atoms. The SMILES string of the molecule is CC1=C[C@@]2(C[C@@H](C)C(=O)O2)C2OC2C1=O. The number of epoxide rings is 1. The Morgan fingerprint density at radius 2 is 2.20 bits per heavy atom. The molecule has 0 aromatic carbocycles. The van der Waals surface area contributed by atoms with Gasteiger partial charge in [0.25, 0.3) is 0 Å². The highest BCUT2D eigenvalue weighted by atomic mass is 16.6.